The summed E-state index contributed by atoms with van der Waals surface area (Å²) in [5, 5.41) is 9.78. The smallest absolute Gasteiger partial charge is 0.314 e. The molecule has 114 valence electrons. The van der Waals surface area contributed by atoms with Crippen LogP contribution >= 0.6 is 0 Å². The lowest BCUT2D eigenvalue weighted by atomic mass is 9.69. The van der Waals surface area contributed by atoms with Crippen LogP contribution in [0.2, 0.25) is 0 Å². The van der Waals surface area contributed by atoms with E-state index in [1.807, 2.05) is 24.3 Å². The van der Waals surface area contributed by atoms with Gasteiger partial charge in [0.2, 0.25) is 0 Å². The minimum absolute atomic E-state index is 0.312. The molecule has 0 saturated heterocycles. The van der Waals surface area contributed by atoms with Gasteiger partial charge in [-0.2, -0.15) is 0 Å². The zero-order chi connectivity index (χ0) is 14.7. The third-order valence-corrected chi connectivity index (χ3v) is 5.11. The van der Waals surface area contributed by atoms with Crippen molar-refractivity contribution in [3.8, 4) is 5.75 Å². The van der Waals surface area contributed by atoms with Crippen LogP contribution in [-0.2, 0) is 10.2 Å². The Morgan fingerprint density at radius 1 is 1.10 bits per heavy atom. The van der Waals surface area contributed by atoms with Gasteiger partial charge >= 0.3 is 5.97 Å². The zero-order valence-electron chi connectivity index (χ0n) is 12.5. The highest BCUT2D eigenvalue weighted by Gasteiger charge is 2.41. The van der Waals surface area contributed by atoms with Crippen LogP contribution in [0.3, 0.4) is 0 Å². The normalized spacial score (nSPS) is 22.1. The van der Waals surface area contributed by atoms with E-state index in [1.165, 1.54) is 12.8 Å². The Morgan fingerprint density at radius 2 is 1.81 bits per heavy atom. The summed E-state index contributed by atoms with van der Waals surface area (Å²) in [6.45, 7) is 0. The van der Waals surface area contributed by atoms with Crippen LogP contribution < -0.4 is 4.74 Å². The second-order valence-electron chi connectivity index (χ2n) is 6.50. The van der Waals surface area contributed by atoms with Gasteiger partial charge in [-0.25, -0.2) is 0 Å². The summed E-state index contributed by atoms with van der Waals surface area (Å²) < 4.78 is 6.04. The van der Waals surface area contributed by atoms with Gasteiger partial charge in [-0.1, -0.05) is 31.4 Å². The van der Waals surface area contributed by atoms with Gasteiger partial charge in [-0.15, -0.1) is 0 Å². The minimum Gasteiger partial charge on any atom is -0.490 e. The molecule has 2 saturated carbocycles. The van der Waals surface area contributed by atoms with Crippen LogP contribution in [0.4, 0.5) is 0 Å². The van der Waals surface area contributed by atoms with E-state index in [1.54, 1.807) is 0 Å². The molecule has 2 aliphatic rings. The first kappa shape index (κ1) is 14.4. The Bertz CT molecular complexity index is 497. The van der Waals surface area contributed by atoms with E-state index >= 15 is 0 Å². The first-order valence-corrected chi connectivity index (χ1v) is 8.21. The van der Waals surface area contributed by atoms with Crippen molar-refractivity contribution in [1.29, 1.82) is 0 Å². The Labute approximate surface area is 126 Å². The van der Waals surface area contributed by atoms with Gasteiger partial charge in [0, 0.05) is 0 Å². The second-order valence-corrected chi connectivity index (χ2v) is 6.50. The van der Waals surface area contributed by atoms with Crippen molar-refractivity contribution in [1.82, 2.24) is 0 Å². The molecule has 0 amide bonds. The van der Waals surface area contributed by atoms with E-state index in [4.69, 9.17) is 4.74 Å². The van der Waals surface area contributed by atoms with Gasteiger partial charge in [-0.05, 0) is 56.2 Å². The molecule has 0 unspecified atom stereocenters. The SMILES string of the molecule is O=C(O)C1(c2cccc(OC3CCCC3)c2)CCCCC1. The van der Waals surface area contributed by atoms with Gasteiger partial charge < -0.3 is 9.84 Å². The topological polar surface area (TPSA) is 46.5 Å². The highest BCUT2D eigenvalue weighted by molar-refractivity contribution is 5.81. The van der Waals surface area contributed by atoms with Crippen LogP contribution in [0.25, 0.3) is 0 Å². The molecule has 0 aliphatic heterocycles. The average molecular weight is 288 g/mol. The molecule has 3 rings (SSSR count). The quantitative estimate of drug-likeness (QED) is 0.898. The van der Waals surface area contributed by atoms with E-state index in [0.29, 0.717) is 6.10 Å². The fourth-order valence-corrected chi connectivity index (χ4v) is 3.85. The highest BCUT2D eigenvalue weighted by atomic mass is 16.5. The van der Waals surface area contributed by atoms with Crippen molar-refractivity contribution in [2.45, 2.75) is 69.3 Å². The maximum Gasteiger partial charge on any atom is 0.314 e. The van der Waals surface area contributed by atoms with Crippen LogP contribution in [0.1, 0.15) is 63.4 Å². The first-order chi connectivity index (χ1) is 10.2. The fraction of sp³-hybridized carbons (Fsp3) is 0.611. The maximum atomic E-state index is 11.9. The van der Waals surface area contributed by atoms with Crippen LogP contribution in [0.15, 0.2) is 24.3 Å². The summed E-state index contributed by atoms with van der Waals surface area (Å²) >= 11 is 0. The van der Waals surface area contributed by atoms with Crippen molar-refractivity contribution in [2.24, 2.45) is 0 Å². The summed E-state index contributed by atoms with van der Waals surface area (Å²) in [6.07, 6.45) is 9.67. The molecule has 3 heteroatoms. The van der Waals surface area contributed by atoms with Crippen molar-refractivity contribution in [3.63, 3.8) is 0 Å². The largest absolute Gasteiger partial charge is 0.490 e. The predicted molar refractivity (Wildman–Crippen MR) is 81.7 cm³/mol. The lowest BCUT2D eigenvalue weighted by Gasteiger charge is -2.34. The Kier molecular flexibility index (Phi) is 4.18. The van der Waals surface area contributed by atoms with Crippen molar-refractivity contribution >= 4 is 5.97 Å². The van der Waals surface area contributed by atoms with E-state index in [2.05, 4.69) is 0 Å². The number of hydrogen-bond donors (Lipinski definition) is 1. The fourth-order valence-electron chi connectivity index (χ4n) is 3.85. The summed E-state index contributed by atoms with van der Waals surface area (Å²) in [4.78, 5) is 11.9. The molecule has 2 aliphatic carbocycles. The minimum atomic E-state index is -0.701. The van der Waals surface area contributed by atoms with Gasteiger partial charge in [-0.3, -0.25) is 4.79 Å². The number of carboxylic acids is 1. The molecule has 21 heavy (non-hydrogen) atoms. The zero-order valence-corrected chi connectivity index (χ0v) is 12.5. The summed E-state index contributed by atoms with van der Waals surface area (Å²) in [5.41, 5.74) is 0.220. The molecule has 0 atom stereocenters. The number of carbonyl (C=O) groups is 1. The van der Waals surface area contributed by atoms with Gasteiger partial charge in [0.15, 0.2) is 0 Å². The molecule has 0 aromatic heterocycles. The molecule has 1 aromatic carbocycles. The van der Waals surface area contributed by atoms with Crippen LogP contribution in [-0.4, -0.2) is 17.2 Å². The number of rotatable bonds is 4. The molecule has 0 heterocycles. The molecule has 0 bridgehead atoms. The highest BCUT2D eigenvalue weighted by Crippen LogP contribution is 2.41. The first-order valence-electron chi connectivity index (χ1n) is 8.21. The number of hydrogen-bond acceptors (Lipinski definition) is 2. The molecule has 0 radical (unpaired) electrons. The molecule has 3 nitrogen and oxygen atoms in total. The van der Waals surface area contributed by atoms with E-state index in [-0.39, 0.29) is 0 Å². The lowest BCUT2D eigenvalue weighted by Crippen LogP contribution is -2.37. The Balaban J connectivity index is 1.84. The summed E-state index contributed by atoms with van der Waals surface area (Å²) in [6, 6.07) is 7.83. The third kappa shape index (κ3) is 2.92. The Morgan fingerprint density at radius 3 is 2.48 bits per heavy atom. The molecule has 0 spiro atoms. The molecule has 2 fully saturated rings. The van der Waals surface area contributed by atoms with Crippen molar-refractivity contribution in [3.05, 3.63) is 29.8 Å². The van der Waals surface area contributed by atoms with Crippen molar-refractivity contribution < 1.29 is 14.6 Å². The molecule has 1 N–H and O–H groups in total. The molecule has 1 aromatic rings. The van der Waals surface area contributed by atoms with Crippen LogP contribution in [0.5, 0.6) is 5.75 Å². The number of benzene rings is 1. The monoisotopic (exact) mass is 288 g/mol. The Hall–Kier alpha value is -1.51. The lowest BCUT2D eigenvalue weighted by molar-refractivity contribution is -0.145. The number of carboxylic acid groups (broad SMARTS) is 1. The summed E-state index contributed by atoms with van der Waals surface area (Å²) in [5.74, 6) is 0.158. The summed E-state index contributed by atoms with van der Waals surface area (Å²) in [7, 11) is 0. The number of ether oxygens (including phenoxy) is 1. The number of aliphatic carboxylic acids is 1. The van der Waals surface area contributed by atoms with Crippen LogP contribution in [0, 0.1) is 0 Å². The van der Waals surface area contributed by atoms with E-state index in [9.17, 15) is 9.90 Å². The third-order valence-electron chi connectivity index (χ3n) is 5.11. The second kappa shape index (κ2) is 6.08. The standard InChI is InChI=1S/C18H24O3/c19-17(20)18(11-4-1-5-12-18)14-7-6-10-16(13-14)21-15-8-2-3-9-15/h6-7,10,13,15H,1-5,8-9,11-12H2,(H,19,20). The average Bonchev–Trinajstić information content (AvgIpc) is 3.01. The predicted octanol–water partition coefficient (Wildman–Crippen LogP) is 4.29. The van der Waals surface area contributed by atoms with Gasteiger partial charge in [0.25, 0.3) is 0 Å². The van der Waals surface area contributed by atoms with Gasteiger partial charge in [0.05, 0.1) is 11.5 Å². The van der Waals surface area contributed by atoms with Crippen molar-refractivity contribution in [2.75, 3.05) is 0 Å². The molecular weight excluding hydrogens is 264 g/mol. The molecular formula is C18H24O3. The van der Waals surface area contributed by atoms with E-state index in [0.717, 1.165) is 56.3 Å². The van der Waals surface area contributed by atoms with Gasteiger partial charge in [0.1, 0.15) is 5.75 Å². The van der Waals surface area contributed by atoms with E-state index < -0.39 is 11.4 Å². The maximum absolute atomic E-state index is 11.9.